The van der Waals surface area contributed by atoms with E-state index in [4.69, 9.17) is 16.0 Å². The minimum atomic E-state index is 0.160. The van der Waals surface area contributed by atoms with Crippen molar-refractivity contribution < 1.29 is 9.21 Å². The minimum Gasteiger partial charge on any atom is -0.439 e. The van der Waals surface area contributed by atoms with Crippen molar-refractivity contribution in [1.29, 1.82) is 0 Å². The summed E-state index contributed by atoms with van der Waals surface area (Å²) in [6, 6.07) is 5.49. The predicted molar refractivity (Wildman–Crippen MR) is 99.6 cm³/mol. The van der Waals surface area contributed by atoms with Gasteiger partial charge in [-0.3, -0.25) is 9.69 Å². The van der Waals surface area contributed by atoms with Gasteiger partial charge in [-0.2, -0.15) is 0 Å². The number of aromatic nitrogens is 1. The van der Waals surface area contributed by atoms with Crippen LogP contribution in [0.2, 0.25) is 5.02 Å². The lowest BCUT2D eigenvalue weighted by Crippen LogP contribution is -2.38. The summed E-state index contributed by atoms with van der Waals surface area (Å²) in [4.78, 5) is 21.5. The molecule has 0 radical (unpaired) electrons. The maximum atomic E-state index is 12.6. The third-order valence-corrected chi connectivity index (χ3v) is 5.22. The number of amides is 1. The smallest absolute Gasteiger partial charge is 0.225 e. The Morgan fingerprint density at radius 2 is 2.04 bits per heavy atom. The fraction of sp³-hybridized carbons (Fsp3) is 0.579. The average molecular weight is 364 g/mol. The third-order valence-electron chi connectivity index (χ3n) is 4.99. The minimum absolute atomic E-state index is 0.160. The van der Waals surface area contributed by atoms with E-state index >= 15 is 0 Å². The van der Waals surface area contributed by atoms with Gasteiger partial charge in [0.25, 0.3) is 0 Å². The van der Waals surface area contributed by atoms with E-state index in [-0.39, 0.29) is 5.92 Å². The van der Waals surface area contributed by atoms with Crippen LogP contribution in [-0.2, 0) is 11.3 Å². The molecule has 25 heavy (non-hydrogen) atoms. The van der Waals surface area contributed by atoms with E-state index in [0.29, 0.717) is 23.4 Å². The molecule has 0 aliphatic carbocycles. The van der Waals surface area contributed by atoms with E-state index in [0.717, 1.165) is 56.5 Å². The van der Waals surface area contributed by atoms with E-state index in [1.807, 2.05) is 23.1 Å². The highest BCUT2D eigenvalue weighted by Crippen LogP contribution is 2.21. The number of nitrogens with zero attached hydrogens (tertiary/aromatic N) is 3. The molecule has 5 nitrogen and oxygen atoms in total. The molecule has 0 spiro atoms. The van der Waals surface area contributed by atoms with Crippen molar-refractivity contribution in [1.82, 2.24) is 14.8 Å². The van der Waals surface area contributed by atoms with E-state index in [1.54, 1.807) is 0 Å². The molecule has 1 amide bonds. The van der Waals surface area contributed by atoms with Crippen molar-refractivity contribution in [3.63, 3.8) is 0 Å². The van der Waals surface area contributed by atoms with Crippen LogP contribution in [0.3, 0.4) is 0 Å². The van der Waals surface area contributed by atoms with Crippen LogP contribution >= 0.6 is 11.6 Å². The maximum absolute atomic E-state index is 12.6. The summed E-state index contributed by atoms with van der Waals surface area (Å²) >= 11 is 6.01. The topological polar surface area (TPSA) is 49.6 Å². The maximum Gasteiger partial charge on any atom is 0.225 e. The second-order valence-corrected chi connectivity index (χ2v) is 7.12. The van der Waals surface area contributed by atoms with Crippen molar-refractivity contribution in [2.75, 3.05) is 26.2 Å². The molecule has 1 saturated heterocycles. The highest BCUT2D eigenvalue weighted by Gasteiger charge is 2.24. The van der Waals surface area contributed by atoms with Crippen LogP contribution < -0.4 is 0 Å². The molecule has 1 aromatic carbocycles. The van der Waals surface area contributed by atoms with Gasteiger partial charge in [0.05, 0.1) is 6.54 Å². The van der Waals surface area contributed by atoms with Gasteiger partial charge in [0.2, 0.25) is 11.8 Å². The molecule has 2 aromatic rings. The van der Waals surface area contributed by atoms with E-state index in [9.17, 15) is 4.79 Å². The Morgan fingerprint density at radius 1 is 1.24 bits per heavy atom. The number of halogens is 1. The number of carbonyl (C=O) groups excluding carboxylic acids is 1. The first-order valence-corrected chi connectivity index (χ1v) is 9.54. The van der Waals surface area contributed by atoms with Crippen LogP contribution in [0.5, 0.6) is 0 Å². The molecule has 0 saturated carbocycles. The number of hydrogen-bond acceptors (Lipinski definition) is 4. The first-order chi connectivity index (χ1) is 12.1. The number of hydrogen-bond donors (Lipinski definition) is 0. The molecule has 1 aromatic heterocycles. The lowest BCUT2D eigenvalue weighted by atomic mass is 10.0. The van der Waals surface area contributed by atoms with Crippen LogP contribution in [0.1, 0.15) is 39.0 Å². The summed E-state index contributed by atoms with van der Waals surface area (Å²) in [6.45, 7) is 8.28. The molecule has 0 bridgehead atoms. The average Bonchev–Trinajstić information content (AvgIpc) is 2.84. The molecule has 0 N–H and O–H groups in total. The molecule has 136 valence electrons. The van der Waals surface area contributed by atoms with Gasteiger partial charge in [-0.25, -0.2) is 4.98 Å². The van der Waals surface area contributed by atoms with Crippen LogP contribution in [0.25, 0.3) is 11.1 Å². The number of fused-ring (bicyclic) bond motifs is 1. The Bertz CT molecular complexity index is 727. The molecule has 1 fully saturated rings. The van der Waals surface area contributed by atoms with Crippen LogP contribution in [0, 0.1) is 5.92 Å². The third kappa shape index (κ3) is 4.33. The van der Waals surface area contributed by atoms with Gasteiger partial charge in [-0.1, -0.05) is 25.4 Å². The Morgan fingerprint density at radius 3 is 2.80 bits per heavy atom. The Labute approximate surface area is 153 Å². The molecule has 1 aliphatic heterocycles. The Hall–Kier alpha value is -1.59. The van der Waals surface area contributed by atoms with Crippen molar-refractivity contribution in [3.8, 4) is 0 Å². The summed E-state index contributed by atoms with van der Waals surface area (Å²) in [7, 11) is 0. The van der Waals surface area contributed by atoms with Gasteiger partial charge in [0.15, 0.2) is 5.58 Å². The van der Waals surface area contributed by atoms with Crippen LogP contribution in [0.15, 0.2) is 22.6 Å². The summed E-state index contributed by atoms with van der Waals surface area (Å²) in [5, 5.41) is 0.665. The fourth-order valence-corrected chi connectivity index (χ4v) is 3.62. The largest absolute Gasteiger partial charge is 0.439 e. The zero-order valence-corrected chi connectivity index (χ0v) is 15.8. The van der Waals surface area contributed by atoms with Crippen molar-refractivity contribution >= 4 is 28.6 Å². The highest BCUT2D eigenvalue weighted by molar-refractivity contribution is 6.31. The van der Waals surface area contributed by atoms with Crippen molar-refractivity contribution in [2.24, 2.45) is 5.92 Å². The number of benzene rings is 1. The normalized spacial score (nSPS) is 16.6. The molecule has 6 heteroatoms. The molecule has 3 rings (SSSR count). The summed E-state index contributed by atoms with van der Waals surface area (Å²) in [6.07, 6.45) is 2.82. The van der Waals surface area contributed by atoms with Gasteiger partial charge in [0.1, 0.15) is 5.52 Å². The van der Waals surface area contributed by atoms with Gasteiger partial charge in [-0.15, -0.1) is 0 Å². The summed E-state index contributed by atoms with van der Waals surface area (Å²) < 4.78 is 5.82. The number of oxazole rings is 1. The highest BCUT2D eigenvalue weighted by atomic mass is 35.5. The van der Waals surface area contributed by atoms with Crippen molar-refractivity contribution in [2.45, 2.75) is 39.7 Å². The quantitative estimate of drug-likeness (QED) is 0.807. The SMILES string of the molecule is CCC(CC)C(=O)N1CCCN(Cc2nc3cc(Cl)ccc3o2)CC1. The van der Waals surface area contributed by atoms with E-state index < -0.39 is 0 Å². The van der Waals surface area contributed by atoms with E-state index in [1.165, 1.54) is 0 Å². The van der Waals surface area contributed by atoms with Gasteiger partial charge in [0, 0.05) is 37.1 Å². The summed E-state index contributed by atoms with van der Waals surface area (Å²) in [5.41, 5.74) is 1.56. The predicted octanol–water partition coefficient (Wildman–Crippen LogP) is 3.95. The fourth-order valence-electron chi connectivity index (χ4n) is 3.45. The second kappa shape index (κ2) is 8.19. The standard InChI is InChI=1S/C19H26ClN3O2/c1-3-14(4-2)19(24)23-9-5-8-22(10-11-23)13-18-21-16-12-15(20)6-7-17(16)25-18/h6-7,12,14H,3-5,8-11,13H2,1-2H3. The van der Waals surface area contributed by atoms with Crippen molar-refractivity contribution in [3.05, 3.63) is 29.1 Å². The molecule has 1 aliphatic rings. The summed E-state index contributed by atoms with van der Waals surface area (Å²) in [5.74, 6) is 1.17. The first-order valence-electron chi connectivity index (χ1n) is 9.16. The lowest BCUT2D eigenvalue weighted by Gasteiger charge is -2.25. The lowest BCUT2D eigenvalue weighted by molar-refractivity contribution is -0.135. The van der Waals surface area contributed by atoms with E-state index in [2.05, 4.69) is 23.7 Å². The van der Waals surface area contributed by atoms with Crippen LogP contribution in [0.4, 0.5) is 0 Å². The van der Waals surface area contributed by atoms with Gasteiger partial charge >= 0.3 is 0 Å². The zero-order valence-electron chi connectivity index (χ0n) is 15.0. The number of carbonyl (C=O) groups is 1. The second-order valence-electron chi connectivity index (χ2n) is 6.69. The van der Waals surface area contributed by atoms with Gasteiger partial charge < -0.3 is 9.32 Å². The molecule has 0 unspecified atom stereocenters. The molecule has 2 heterocycles. The monoisotopic (exact) mass is 363 g/mol. The number of rotatable bonds is 5. The Kier molecular flexibility index (Phi) is 5.97. The van der Waals surface area contributed by atoms with Gasteiger partial charge in [-0.05, 0) is 37.5 Å². The Balaban J connectivity index is 1.61. The molecular formula is C19H26ClN3O2. The zero-order chi connectivity index (χ0) is 17.8. The molecular weight excluding hydrogens is 338 g/mol. The first kappa shape index (κ1) is 18.2. The van der Waals surface area contributed by atoms with Crippen LogP contribution in [-0.4, -0.2) is 46.9 Å². The molecule has 0 atom stereocenters.